The van der Waals surface area contributed by atoms with Crippen molar-refractivity contribution in [3.63, 3.8) is 0 Å². The van der Waals surface area contributed by atoms with Gasteiger partial charge in [0.1, 0.15) is 5.75 Å². The number of ether oxygens (including phenoxy) is 1. The van der Waals surface area contributed by atoms with Gasteiger partial charge in [-0.1, -0.05) is 42.8 Å². The summed E-state index contributed by atoms with van der Waals surface area (Å²) in [6.07, 6.45) is 4.06. The summed E-state index contributed by atoms with van der Waals surface area (Å²) < 4.78 is 5.24. The largest absolute Gasteiger partial charge is 0.497 e. The Kier molecular flexibility index (Phi) is 4.26. The number of methoxy groups -OCH3 is 1. The fourth-order valence-corrected chi connectivity index (χ4v) is 3.06. The van der Waals surface area contributed by atoms with Crippen molar-refractivity contribution < 1.29 is 4.74 Å². The first-order valence-electron chi connectivity index (χ1n) is 7.73. The zero-order valence-corrected chi connectivity index (χ0v) is 12.8. The van der Waals surface area contributed by atoms with E-state index in [9.17, 15) is 0 Å². The van der Waals surface area contributed by atoms with E-state index in [2.05, 4.69) is 41.7 Å². The second-order valence-corrected chi connectivity index (χ2v) is 5.79. The van der Waals surface area contributed by atoms with Crippen LogP contribution < -0.4 is 10.1 Å². The van der Waals surface area contributed by atoms with Gasteiger partial charge in [-0.15, -0.1) is 0 Å². The standard InChI is InChI=1S/C19H23NO/c1-20-19(15-9-11-18(21-2)12-10-15)17-8-4-7-16(13-17)14-5-3-6-14/h4,7-14,19-20H,3,5-6H2,1-2H3. The van der Waals surface area contributed by atoms with Crippen LogP contribution in [0.4, 0.5) is 0 Å². The lowest BCUT2D eigenvalue weighted by Crippen LogP contribution is -2.18. The molecule has 1 aliphatic carbocycles. The van der Waals surface area contributed by atoms with E-state index >= 15 is 0 Å². The van der Waals surface area contributed by atoms with E-state index in [4.69, 9.17) is 4.74 Å². The van der Waals surface area contributed by atoms with Gasteiger partial charge < -0.3 is 10.1 Å². The normalized spacial score (nSPS) is 16.3. The van der Waals surface area contributed by atoms with Gasteiger partial charge in [-0.25, -0.2) is 0 Å². The Bertz CT molecular complexity index is 587. The Morgan fingerprint density at radius 2 is 1.81 bits per heavy atom. The molecule has 1 aliphatic rings. The molecule has 3 rings (SSSR count). The van der Waals surface area contributed by atoms with Crippen LogP contribution in [0.3, 0.4) is 0 Å². The predicted molar refractivity (Wildman–Crippen MR) is 86.9 cm³/mol. The van der Waals surface area contributed by atoms with Crippen LogP contribution in [0.2, 0.25) is 0 Å². The van der Waals surface area contributed by atoms with Gasteiger partial charge in [0.05, 0.1) is 13.2 Å². The molecule has 0 aliphatic heterocycles. The molecule has 0 aromatic heterocycles. The van der Waals surface area contributed by atoms with Crippen LogP contribution >= 0.6 is 0 Å². The van der Waals surface area contributed by atoms with Crippen molar-refractivity contribution in [3.05, 3.63) is 65.2 Å². The summed E-state index contributed by atoms with van der Waals surface area (Å²) in [5, 5.41) is 3.43. The van der Waals surface area contributed by atoms with Gasteiger partial charge >= 0.3 is 0 Å². The van der Waals surface area contributed by atoms with Gasteiger partial charge in [0, 0.05) is 0 Å². The Hall–Kier alpha value is -1.80. The maximum atomic E-state index is 5.24. The third kappa shape index (κ3) is 2.96. The van der Waals surface area contributed by atoms with Crippen molar-refractivity contribution in [3.8, 4) is 5.75 Å². The molecule has 2 aromatic rings. The minimum absolute atomic E-state index is 0.232. The molecule has 0 bridgehead atoms. The van der Waals surface area contributed by atoms with Gasteiger partial charge in [-0.05, 0) is 54.6 Å². The molecule has 1 N–H and O–H groups in total. The Labute approximate surface area is 127 Å². The highest BCUT2D eigenvalue weighted by Gasteiger charge is 2.20. The highest BCUT2D eigenvalue weighted by atomic mass is 16.5. The molecule has 0 heterocycles. The monoisotopic (exact) mass is 281 g/mol. The molecule has 0 saturated heterocycles. The molecule has 110 valence electrons. The minimum atomic E-state index is 0.232. The fraction of sp³-hybridized carbons (Fsp3) is 0.368. The third-order valence-electron chi connectivity index (χ3n) is 4.56. The minimum Gasteiger partial charge on any atom is -0.497 e. The zero-order chi connectivity index (χ0) is 14.7. The highest BCUT2D eigenvalue weighted by molar-refractivity contribution is 5.38. The first-order valence-corrected chi connectivity index (χ1v) is 7.73. The third-order valence-corrected chi connectivity index (χ3v) is 4.56. The lowest BCUT2D eigenvalue weighted by Gasteiger charge is -2.27. The lowest BCUT2D eigenvalue weighted by atomic mass is 9.79. The highest BCUT2D eigenvalue weighted by Crippen LogP contribution is 2.37. The molecule has 21 heavy (non-hydrogen) atoms. The first-order chi connectivity index (χ1) is 10.3. The molecule has 2 nitrogen and oxygen atoms in total. The Morgan fingerprint density at radius 1 is 1.05 bits per heavy atom. The van der Waals surface area contributed by atoms with Crippen molar-refractivity contribution >= 4 is 0 Å². The van der Waals surface area contributed by atoms with E-state index in [1.165, 1.54) is 36.0 Å². The number of nitrogens with one attached hydrogen (secondary N) is 1. The van der Waals surface area contributed by atoms with Crippen LogP contribution in [0, 0.1) is 0 Å². The molecule has 0 amide bonds. The second-order valence-electron chi connectivity index (χ2n) is 5.79. The van der Waals surface area contributed by atoms with E-state index in [1.807, 2.05) is 19.2 Å². The average Bonchev–Trinajstić information content (AvgIpc) is 2.47. The van der Waals surface area contributed by atoms with Crippen LogP contribution in [0.25, 0.3) is 0 Å². The van der Waals surface area contributed by atoms with Gasteiger partial charge in [0.15, 0.2) is 0 Å². The van der Waals surface area contributed by atoms with E-state index in [0.29, 0.717) is 0 Å². The summed E-state index contributed by atoms with van der Waals surface area (Å²) in [5.41, 5.74) is 4.10. The summed E-state index contributed by atoms with van der Waals surface area (Å²) in [4.78, 5) is 0. The van der Waals surface area contributed by atoms with Crippen LogP contribution in [0.1, 0.15) is 47.9 Å². The molecule has 1 unspecified atom stereocenters. The van der Waals surface area contributed by atoms with Gasteiger partial charge in [-0.3, -0.25) is 0 Å². The molecule has 1 saturated carbocycles. The first kappa shape index (κ1) is 14.2. The number of benzene rings is 2. The molecule has 0 spiro atoms. The fourth-order valence-electron chi connectivity index (χ4n) is 3.06. The summed E-state index contributed by atoms with van der Waals surface area (Å²) in [7, 11) is 3.72. The van der Waals surface area contributed by atoms with Crippen molar-refractivity contribution in [1.29, 1.82) is 0 Å². The van der Waals surface area contributed by atoms with Crippen molar-refractivity contribution in [2.75, 3.05) is 14.2 Å². The van der Waals surface area contributed by atoms with Crippen LogP contribution in [-0.2, 0) is 0 Å². The zero-order valence-electron chi connectivity index (χ0n) is 12.8. The van der Waals surface area contributed by atoms with Gasteiger partial charge in [0.25, 0.3) is 0 Å². The van der Waals surface area contributed by atoms with Crippen molar-refractivity contribution in [2.24, 2.45) is 0 Å². The Balaban J connectivity index is 1.87. The SMILES string of the molecule is CNC(c1ccc(OC)cc1)c1cccc(C2CCC2)c1. The van der Waals surface area contributed by atoms with E-state index in [-0.39, 0.29) is 6.04 Å². The van der Waals surface area contributed by atoms with E-state index in [0.717, 1.165) is 11.7 Å². The maximum Gasteiger partial charge on any atom is 0.118 e. The molecule has 2 heteroatoms. The van der Waals surface area contributed by atoms with Crippen LogP contribution in [0.15, 0.2) is 48.5 Å². The molecule has 0 radical (unpaired) electrons. The van der Waals surface area contributed by atoms with Gasteiger partial charge in [-0.2, -0.15) is 0 Å². The smallest absolute Gasteiger partial charge is 0.118 e. The van der Waals surface area contributed by atoms with E-state index < -0.39 is 0 Å². The summed E-state index contributed by atoms with van der Waals surface area (Å²) in [5.74, 6) is 1.68. The summed E-state index contributed by atoms with van der Waals surface area (Å²) >= 11 is 0. The number of hydrogen-bond acceptors (Lipinski definition) is 2. The molecular weight excluding hydrogens is 258 g/mol. The summed E-state index contributed by atoms with van der Waals surface area (Å²) in [6, 6.07) is 17.6. The average molecular weight is 281 g/mol. The summed E-state index contributed by atoms with van der Waals surface area (Å²) in [6.45, 7) is 0. The van der Waals surface area contributed by atoms with Crippen LogP contribution in [0.5, 0.6) is 5.75 Å². The molecule has 1 fully saturated rings. The lowest BCUT2D eigenvalue weighted by molar-refractivity contribution is 0.414. The van der Waals surface area contributed by atoms with Crippen molar-refractivity contribution in [2.45, 2.75) is 31.2 Å². The van der Waals surface area contributed by atoms with Crippen LogP contribution in [-0.4, -0.2) is 14.2 Å². The number of rotatable bonds is 5. The Morgan fingerprint density at radius 3 is 2.38 bits per heavy atom. The topological polar surface area (TPSA) is 21.3 Å². The quantitative estimate of drug-likeness (QED) is 0.883. The number of hydrogen-bond donors (Lipinski definition) is 1. The van der Waals surface area contributed by atoms with Gasteiger partial charge in [0.2, 0.25) is 0 Å². The molecule has 1 atom stereocenters. The maximum absolute atomic E-state index is 5.24. The molecule has 2 aromatic carbocycles. The van der Waals surface area contributed by atoms with E-state index in [1.54, 1.807) is 7.11 Å². The second kappa shape index (κ2) is 6.31. The molecular formula is C19H23NO. The predicted octanol–water partition coefficient (Wildman–Crippen LogP) is 4.27. The van der Waals surface area contributed by atoms with Crippen molar-refractivity contribution in [1.82, 2.24) is 5.32 Å².